The zero-order valence-corrected chi connectivity index (χ0v) is 32.5. The zero-order valence-electron chi connectivity index (χ0n) is 32.5. The number of hydrogen-bond donors (Lipinski definition) is 0. The molecule has 0 radical (unpaired) electrons. The topological polar surface area (TPSA) is 38.4 Å². The summed E-state index contributed by atoms with van der Waals surface area (Å²) in [5, 5.41) is 3.63. The van der Waals surface area contributed by atoms with Crippen molar-refractivity contribution in [2.24, 2.45) is 0 Å². The van der Waals surface area contributed by atoms with Crippen molar-refractivity contribution in [3.8, 4) is 16.8 Å². The number of anilines is 3. The van der Waals surface area contributed by atoms with Gasteiger partial charge in [0.1, 0.15) is 11.2 Å². The number of fused-ring (bicyclic) bond motifs is 7. The summed E-state index contributed by atoms with van der Waals surface area (Å²) < 4.78 is 8.67. The zero-order chi connectivity index (χ0) is 39.8. The van der Waals surface area contributed by atoms with Gasteiger partial charge >= 0.3 is 0 Å². The van der Waals surface area contributed by atoms with Gasteiger partial charge in [-0.2, -0.15) is 0 Å². The first-order chi connectivity index (χ1) is 29.7. The summed E-state index contributed by atoms with van der Waals surface area (Å²) in [4.78, 5) is 15.8. The highest BCUT2D eigenvalue weighted by atomic mass is 16.3. The van der Waals surface area contributed by atoms with Crippen molar-refractivity contribution in [1.82, 2.24) is 4.57 Å². The number of nitrogens with zero attached hydrogens (tertiary/aromatic N) is 2. The quantitative estimate of drug-likeness (QED) is 0.164. The molecule has 4 heteroatoms. The van der Waals surface area contributed by atoms with Crippen molar-refractivity contribution in [3.63, 3.8) is 0 Å². The fourth-order valence-corrected chi connectivity index (χ4v) is 9.85. The molecule has 0 bridgehead atoms. The second-order valence-electron chi connectivity index (χ2n) is 15.6. The van der Waals surface area contributed by atoms with E-state index in [9.17, 15) is 4.79 Å². The smallest absolute Gasteiger partial charge is 0.200 e. The Morgan fingerprint density at radius 2 is 0.917 bits per heavy atom. The Morgan fingerprint density at radius 1 is 0.383 bits per heavy atom. The van der Waals surface area contributed by atoms with Crippen molar-refractivity contribution < 1.29 is 4.42 Å². The van der Waals surface area contributed by atoms with Crippen LogP contribution in [0.3, 0.4) is 0 Å². The molecule has 60 heavy (non-hydrogen) atoms. The lowest BCUT2D eigenvalue weighted by molar-refractivity contribution is 0.660. The third kappa shape index (κ3) is 4.94. The van der Waals surface area contributed by atoms with Gasteiger partial charge in [-0.1, -0.05) is 152 Å². The van der Waals surface area contributed by atoms with Gasteiger partial charge in [0, 0.05) is 22.1 Å². The minimum absolute atomic E-state index is 0.0152. The third-order valence-electron chi connectivity index (χ3n) is 12.5. The molecule has 2 aromatic heterocycles. The molecule has 11 aromatic rings. The van der Waals surface area contributed by atoms with Crippen LogP contribution in [-0.2, 0) is 5.41 Å². The summed E-state index contributed by atoms with van der Waals surface area (Å²) in [6.45, 7) is 0. The summed E-state index contributed by atoms with van der Waals surface area (Å²) in [5.74, 6) is 0. The summed E-state index contributed by atoms with van der Waals surface area (Å²) in [5.41, 5.74) is 14.1. The van der Waals surface area contributed by atoms with E-state index in [4.69, 9.17) is 4.42 Å². The van der Waals surface area contributed by atoms with Crippen molar-refractivity contribution in [1.29, 1.82) is 0 Å². The minimum Gasteiger partial charge on any atom is -0.456 e. The minimum atomic E-state index is -0.608. The summed E-state index contributed by atoms with van der Waals surface area (Å²) in [6, 6.07) is 77.3. The average molecular weight is 769 g/mol. The van der Waals surface area contributed by atoms with E-state index in [1.807, 2.05) is 42.5 Å². The molecule has 0 unspecified atom stereocenters. The first-order valence-electron chi connectivity index (χ1n) is 20.4. The SMILES string of the molecule is O=c1c2ccccc2oc2cc(-c3ccc(N4c5ccccc5C(c5ccccc5)(c5ccccc5)c5ccc(-n6c7ccccc7c7ccccc76)cc54)cc3)ccc12. The van der Waals surface area contributed by atoms with Gasteiger partial charge in [-0.25, -0.2) is 0 Å². The lowest BCUT2D eigenvalue weighted by atomic mass is 9.62. The molecule has 0 saturated heterocycles. The standard InChI is InChI=1S/C56H36N2O2/c59-55-45-21-9-14-26-53(45)60-54-35-38(29-33-46(54)55)37-27-30-41(31-28-37)57-51-25-13-10-22-47(51)56(39-15-3-1-4-16-39,40-17-5-2-6-18-40)48-34-32-42(36-52(48)57)58-49-23-11-7-19-43(49)44-20-8-12-24-50(44)58/h1-36H. The summed E-state index contributed by atoms with van der Waals surface area (Å²) >= 11 is 0. The van der Waals surface area contributed by atoms with E-state index in [0.29, 0.717) is 21.9 Å². The number of rotatable bonds is 5. The largest absolute Gasteiger partial charge is 0.456 e. The van der Waals surface area contributed by atoms with Crippen LogP contribution in [0.15, 0.2) is 228 Å². The van der Waals surface area contributed by atoms with Crippen LogP contribution in [0.25, 0.3) is 60.6 Å². The van der Waals surface area contributed by atoms with Gasteiger partial charge in [0.15, 0.2) is 0 Å². The highest BCUT2D eigenvalue weighted by molar-refractivity contribution is 6.09. The maximum atomic E-state index is 13.3. The predicted octanol–water partition coefficient (Wildman–Crippen LogP) is 13.9. The lowest BCUT2D eigenvalue weighted by Gasteiger charge is -2.46. The van der Waals surface area contributed by atoms with Crippen LogP contribution >= 0.6 is 0 Å². The predicted molar refractivity (Wildman–Crippen MR) is 246 cm³/mol. The van der Waals surface area contributed by atoms with Crippen molar-refractivity contribution in [2.75, 3.05) is 4.90 Å². The van der Waals surface area contributed by atoms with Gasteiger partial charge in [-0.3, -0.25) is 4.79 Å². The molecule has 0 fully saturated rings. The Bertz CT molecular complexity index is 3420. The van der Waals surface area contributed by atoms with Crippen LogP contribution in [0.4, 0.5) is 17.1 Å². The number of para-hydroxylation sites is 4. The Kier molecular flexibility index (Phi) is 7.56. The monoisotopic (exact) mass is 768 g/mol. The summed E-state index contributed by atoms with van der Waals surface area (Å²) in [7, 11) is 0. The molecule has 0 aliphatic carbocycles. The van der Waals surface area contributed by atoms with Gasteiger partial charge in [-0.05, 0) is 100 Å². The molecule has 12 rings (SSSR count). The number of aromatic nitrogens is 1. The Labute approximate surface area is 346 Å². The molecular weight excluding hydrogens is 733 g/mol. The molecule has 282 valence electrons. The second kappa shape index (κ2) is 13.3. The van der Waals surface area contributed by atoms with E-state index in [1.54, 1.807) is 0 Å². The maximum Gasteiger partial charge on any atom is 0.200 e. The maximum absolute atomic E-state index is 13.3. The molecular formula is C56H36N2O2. The van der Waals surface area contributed by atoms with Crippen LogP contribution < -0.4 is 10.3 Å². The first kappa shape index (κ1) is 34.1. The van der Waals surface area contributed by atoms with Crippen LogP contribution in [0.1, 0.15) is 22.3 Å². The number of hydrogen-bond acceptors (Lipinski definition) is 3. The molecule has 1 aliphatic rings. The normalized spacial score (nSPS) is 13.2. The van der Waals surface area contributed by atoms with Gasteiger partial charge in [0.05, 0.1) is 38.6 Å². The first-order valence-corrected chi connectivity index (χ1v) is 20.4. The van der Waals surface area contributed by atoms with E-state index in [1.165, 1.54) is 44.1 Å². The van der Waals surface area contributed by atoms with Gasteiger partial charge in [0.25, 0.3) is 0 Å². The Morgan fingerprint density at radius 3 is 1.62 bits per heavy atom. The van der Waals surface area contributed by atoms with E-state index in [-0.39, 0.29) is 5.43 Å². The van der Waals surface area contributed by atoms with Crippen molar-refractivity contribution in [2.45, 2.75) is 5.41 Å². The lowest BCUT2D eigenvalue weighted by Crippen LogP contribution is -2.37. The third-order valence-corrected chi connectivity index (χ3v) is 12.5. The molecule has 3 heterocycles. The van der Waals surface area contributed by atoms with E-state index in [0.717, 1.165) is 33.9 Å². The van der Waals surface area contributed by atoms with Crippen LogP contribution in [0.2, 0.25) is 0 Å². The Hall–Kier alpha value is -7.95. The molecule has 0 N–H and O–H groups in total. The molecule has 1 aliphatic heterocycles. The molecule has 4 nitrogen and oxygen atoms in total. The van der Waals surface area contributed by atoms with Crippen LogP contribution in [-0.4, -0.2) is 4.57 Å². The Balaban J connectivity index is 1.10. The van der Waals surface area contributed by atoms with E-state index in [2.05, 4.69) is 185 Å². The fraction of sp³-hybridized carbons (Fsp3) is 0.0179. The highest BCUT2D eigenvalue weighted by Crippen LogP contribution is 2.58. The molecule has 0 amide bonds. The van der Waals surface area contributed by atoms with Gasteiger partial charge in [0.2, 0.25) is 5.43 Å². The van der Waals surface area contributed by atoms with Gasteiger partial charge in [-0.15, -0.1) is 0 Å². The summed E-state index contributed by atoms with van der Waals surface area (Å²) in [6.07, 6.45) is 0. The van der Waals surface area contributed by atoms with E-state index >= 15 is 0 Å². The van der Waals surface area contributed by atoms with Crippen LogP contribution in [0, 0.1) is 0 Å². The van der Waals surface area contributed by atoms with E-state index < -0.39 is 5.41 Å². The molecule has 0 saturated carbocycles. The molecule has 9 aromatic carbocycles. The van der Waals surface area contributed by atoms with Crippen molar-refractivity contribution in [3.05, 3.63) is 251 Å². The van der Waals surface area contributed by atoms with Gasteiger partial charge < -0.3 is 13.9 Å². The average Bonchev–Trinajstić information content (AvgIpc) is 3.65. The highest BCUT2D eigenvalue weighted by Gasteiger charge is 2.46. The number of benzene rings is 9. The molecule has 0 spiro atoms. The van der Waals surface area contributed by atoms with Crippen LogP contribution in [0.5, 0.6) is 0 Å². The second-order valence-corrected chi connectivity index (χ2v) is 15.6. The van der Waals surface area contributed by atoms with Crippen molar-refractivity contribution >= 4 is 60.8 Å². The molecule has 0 atom stereocenters. The fourth-order valence-electron chi connectivity index (χ4n) is 9.85.